The molecule has 4 bridgehead atoms. The van der Waals surface area contributed by atoms with Gasteiger partial charge in [-0.05, 0) is 111 Å². The highest BCUT2D eigenvalue weighted by Crippen LogP contribution is 2.60. The Bertz CT molecular complexity index is 1990. The summed E-state index contributed by atoms with van der Waals surface area (Å²) in [4.78, 5) is 48.1. The number of rotatable bonds is 5. The van der Waals surface area contributed by atoms with Gasteiger partial charge in [0.1, 0.15) is 5.56 Å². The van der Waals surface area contributed by atoms with Crippen molar-refractivity contribution in [1.29, 1.82) is 0 Å². The summed E-state index contributed by atoms with van der Waals surface area (Å²) in [5.74, 6) is 2.02. The minimum absolute atomic E-state index is 0.105. The Balaban J connectivity index is 1.17. The lowest BCUT2D eigenvalue weighted by molar-refractivity contribution is -0.00518. The molecule has 4 aliphatic carbocycles. The number of hydrogen-bond donors (Lipinski definition) is 2. The SMILES string of the molecule is Cn1c(=O)n(C)c2cc(N3CCCCC3)c(N=Cc3c(O)n(-c4ccc(C56CC7CC(CC(C7)C5)C6)cc4)c(=O)[nH]c3=O)cc21. The van der Waals surface area contributed by atoms with Gasteiger partial charge in [0.05, 0.1) is 28.1 Å². The molecule has 4 saturated carbocycles. The molecule has 5 aliphatic rings. The van der Waals surface area contributed by atoms with E-state index in [0.29, 0.717) is 11.4 Å². The number of aliphatic imine (C=N–C) groups is 1. The van der Waals surface area contributed by atoms with Crippen molar-refractivity contribution in [1.82, 2.24) is 18.7 Å². The number of H-pyrrole nitrogens is 1. The van der Waals surface area contributed by atoms with Crippen LogP contribution in [0.25, 0.3) is 16.7 Å². The first-order chi connectivity index (χ1) is 21.7. The minimum atomic E-state index is -0.713. The number of benzene rings is 2. The molecule has 2 N–H and O–H groups in total. The van der Waals surface area contributed by atoms with Crippen LogP contribution >= 0.6 is 0 Å². The molecule has 0 unspecified atom stereocenters. The summed E-state index contributed by atoms with van der Waals surface area (Å²) >= 11 is 0. The summed E-state index contributed by atoms with van der Waals surface area (Å²) in [6.07, 6.45) is 12.4. The molecule has 0 amide bonds. The molecule has 9 rings (SSSR count). The average molecular weight is 609 g/mol. The van der Waals surface area contributed by atoms with Crippen LogP contribution in [0.2, 0.25) is 0 Å². The Labute approximate surface area is 260 Å². The lowest BCUT2D eigenvalue weighted by Gasteiger charge is -2.57. The molecule has 10 nitrogen and oxygen atoms in total. The van der Waals surface area contributed by atoms with E-state index in [2.05, 4.69) is 22.0 Å². The molecule has 3 heterocycles. The second-order valence-corrected chi connectivity index (χ2v) is 14.1. The molecule has 234 valence electrons. The summed E-state index contributed by atoms with van der Waals surface area (Å²) in [7, 11) is 3.48. The Morgan fingerprint density at radius 3 is 2.09 bits per heavy atom. The molecule has 5 fully saturated rings. The Morgan fingerprint density at radius 1 is 0.867 bits per heavy atom. The van der Waals surface area contributed by atoms with Crippen LogP contribution in [0.1, 0.15) is 68.9 Å². The number of fused-ring (bicyclic) bond motifs is 1. The zero-order chi connectivity index (χ0) is 31.0. The number of aromatic nitrogens is 4. The van der Waals surface area contributed by atoms with Crippen molar-refractivity contribution in [2.24, 2.45) is 36.8 Å². The summed E-state index contributed by atoms with van der Waals surface area (Å²) in [5, 5.41) is 11.3. The Hall–Kier alpha value is -4.34. The van der Waals surface area contributed by atoms with Crippen molar-refractivity contribution in [2.45, 2.75) is 63.2 Å². The van der Waals surface area contributed by atoms with Crippen molar-refractivity contribution in [3.05, 3.63) is 78.8 Å². The molecule has 1 aliphatic heterocycles. The second kappa shape index (κ2) is 10.4. The Morgan fingerprint density at radius 2 is 1.47 bits per heavy atom. The van der Waals surface area contributed by atoms with Gasteiger partial charge < -0.3 is 10.0 Å². The molecule has 0 spiro atoms. The average Bonchev–Trinajstić information content (AvgIpc) is 3.23. The number of hydrogen-bond acceptors (Lipinski definition) is 6. The van der Waals surface area contributed by atoms with E-state index in [1.165, 1.54) is 50.3 Å². The van der Waals surface area contributed by atoms with E-state index in [1.807, 2.05) is 24.3 Å². The van der Waals surface area contributed by atoms with E-state index < -0.39 is 17.1 Å². The fourth-order valence-electron chi connectivity index (χ4n) is 9.47. The van der Waals surface area contributed by atoms with Crippen molar-refractivity contribution >= 4 is 28.6 Å². The summed E-state index contributed by atoms with van der Waals surface area (Å²) in [6, 6.07) is 11.8. The smallest absolute Gasteiger partial charge is 0.335 e. The third-order valence-electron chi connectivity index (χ3n) is 11.3. The maximum absolute atomic E-state index is 13.0. The molecule has 1 saturated heterocycles. The van der Waals surface area contributed by atoms with Crippen LogP contribution in [0, 0.1) is 17.8 Å². The number of imidazole rings is 1. The number of aryl methyl sites for hydroxylation is 2. The quantitative estimate of drug-likeness (QED) is 0.321. The summed E-state index contributed by atoms with van der Waals surface area (Å²) in [6.45, 7) is 1.73. The lowest BCUT2D eigenvalue weighted by atomic mass is 9.48. The first-order valence-electron chi connectivity index (χ1n) is 16.4. The maximum Gasteiger partial charge on any atom is 0.335 e. The predicted molar refractivity (Wildman–Crippen MR) is 176 cm³/mol. The van der Waals surface area contributed by atoms with E-state index in [0.717, 1.165) is 71.4 Å². The highest BCUT2D eigenvalue weighted by molar-refractivity contribution is 5.92. The normalized spacial score (nSPS) is 26.0. The first kappa shape index (κ1) is 28.2. The molecule has 45 heavy (non-hydrogen) atoms. The molecule has 2 aromatic heterocycles. The topological polar surface area (TPSA) is 118 Å². The predicted octanol–water partition coefficient (Wildman–Crippen LogP) is 4.63. The molecular formula is C35H40N6O4. The zero-order valence-electron chi connectivity index (χ0n) is 26.0. The van der Waals surface area contributed by atoms with E-state index in [1.54, 1.807) is 23.2 Å². The number of anilines is 1. The van der Waals surface area contributed by atoms with Crippen LogP contribution in [0.5, 0.6) is 5.88 Å². The number of aromatic amines is 1. The van der Waals surface area contributed by atoms with Crippen molar-refractivity contribution in [3.8, 4) is 11.6 Å². The van der Waals surface area contributed by atoms with Gasteiger partial charge in [0.15, 0.2) is 0 Å². The van der Waals surface area contributed by atoms with Crippen molar-refractivity contribution < 1.29 is 5.11 Å². The minimum Gasteiger partial charge on any atom is -0.493 e. The molecule has 0 atom stereocenters. The van der Waals surface area contributed by atoms with Gasteiger partial charge in [-0.15, -0.1) is 0 Å². The van der Waals surface area contributed by atoms with Gasteiger partial charge in [0.2, 0.25) is 5.88 Å². The number of nitrogens with one attached hydrogen (secondary N) is 1. The van der Waals surface area contributed by atoms with Gasteiger partial charge in [0, 0.05) is 33.4 Å². The van der Waals surface area contributed by atoms with E-state index in [9.17, 15) is 19.5 Å². The largest absolute Gasteiger partial charge is 0.493 e. The zero-order valence-corrected chi connectivity index (χ0v) is 26.0. The van der Waals surface area contributed by atoms with E-state index in [-0.39, 0.29) is 16.7 Å². The molecule has 0 radical (unpaired) electrons. The van der Waals surface area contributed by atoms with Gasteiger partial charge in [-0.1, -0.05) is 12.1 Å². The molecule has 10 heteroatoms. The Kier molecular flexibility index (Phi) is 6.48. The number of aromatic hydroxyl groups is 1. The van der Waals surface area contributed by atoms with Gasteiger partial charge >= 0.3 is 11.4 Å². The van der Waals surface area contributed by atoms with Gasteiger partial charge in [-0.25, -0.2) is 14.2 Å². The fourth-order valence-corrected chi connectivity index (χ4v) is 9.47. The highest BCUT2D eigenvalue weighted by atomic mass is 16.3. The van der Waals surface area contributed by atoms with Gasteiger partial charge in [-0.2, -0.15) is 0 Å². The van der Waals surface area contributed by atoms with E-state index in [4.69, 9.17) is 4.99 Å². The summed E-state index contributed by atoms with van der Waals surface area (Å²) in [5.41, 5.74) is 3.35. The van der Waals surface area contributed by atoms with E-state index >= 15 is 0 Å². The second-order valence-electron chi connectivity index (χ2n) is 14.1. The van der Waals surface area contributed by atoms with Crippen LogP contribution in [0.15, 0.2) is 55.8 Å². The summed E-state index contributed by atoms with van der Waals surface area (Å²) < 4.78 is 4.34. The van der Waals surface area contributed by atoms with Crippen LogP contribution in [-0.4, -0.2) is 43.1 Å². The standard InChI is InChI=1S/C35H40N6O4/c1-38-29-15-27(28(40-10-4-3-5-11-40)16-30(29)39(2)34(38)45)36-20-26-31(42)37-33(44)41(32(26)43)25-8-6-24(7-9-25)35-17-21-12-22(18-35)14-23(13-21)19-35/h6-9,15-16,20-23,43H,3-5,10-14,17-19H2,1-2H3,(H,37,42,44). The maximum atomic E-state index is 13.0. The van der Waals surface area contributed by atoms with Crippen molar-refractivity contribution in [3.63, 3.8) is 0 Å². The van der Waals surface area contributed by atoms with Crippen molar-refractivity contribution in [2.75, 3.05) is 18.0 Å². The molecule has 2 aromatic carbocycles. The van der Waals surface area contributed by atoms with Crippen LogP contribution in [-0.2, 0) is 19.5 Å². The molecular weight excluding hydrogens is 568 g/mol. The van der Waals surface area contributed by atoms with Crippen LogP contribution in [0.3, 0.4) is 0 Å². The lowest BCUT2D eigenvalue weighted by Crippen LogP contribution is -2.48. The molecule has 4 aromatic rings. The van der Waals surface area contributed by atoms with Crippen LogP contribution < -0.4 is 21.8 Å². The highest BCUT2D eigenvalue weighted by Gasteiger charge is 2.51. The first-order valence-corrected chi connectivity index (χ1v) is 16.4. The van der Waals surface area contributed by atoms with Gasteiger partial charge in [-0.3, -0.25) is 23.9 Å². The third-order valence-corrected chi connectivity index (χ3v) is 11.3. The van der Waals surface area contributed by atoms with Crippen LogP contribution in [0.4, 0.5) is 11.4 Å². The number of nitrogens with zero attached hydrogens (tertiary/aromatic N) is 5. The third kappa shape index (κ3) is 4.51. The fraction of sp³-hybridized carbons (Fsp3) is 0.486. The number of piperidine rings is 1. The van der Waals surface area contributed by atoms with Gasteiger partial charge in [0.25, 0.3) is 5.56 Å². The monoisotopic (exact) mass is 608 g/mol.